The lowest BCUT2D eigenvalue weighted by molar-refractivity contribution is -0.384. The number of carbonyl (C=O) groups is 1. The second-order valence-electron chi connectivity index (χ2n) is 5.47. The summed E-state index contributed by atoms with van der Waals surface area (Å²) >= 11 is 0. The van der Waals surface area contributed by atoms with Gasteiger partial charge in [-0.25, -0.2) is 4.79 Å². The van der Waals surface area contributed by atoms with Gasteiger partial charge < -0.3 is 15.7 Å². The molecule has 0 heterocycles. The van der Waals surface area contributed by atoms with Crippen molar-refractivity contribution < 1.29 is 14.8 Å². The van der Waals surface area contributed by atoms with Gasteiger partial charge >= 0.3 is 6.03 Å². The first-order chi connectivity index (χ1) is 9.72. The molecule has 0 aromatic heterocycles. The molecule has 0 aliphatic heterocycles. The van der Waals surface area contributed by atoms with E-state index in [9.17, 15) is 20.0 Å². The molecule has 0 saturated heterocycles. The molecule has 1 unspecified atom stereocenters. The standard InChI is InChI=1S/C14H21N3O4/c1-10(2)14(3,19)9-16-13(18)15-8-11-4-6-12(7-5-11)17(20)21/h4-7,10,19H,8-9H2,1-3H3,(H2,15,16,18). The molecule has 2 amide bonds. The average molecular weight is 295 g/mol. The number of hydrogen-bond donors (Lipinski definition) is 3. The van der Waals surface area contributed by atoms with Crippen molar-refractivity contribution >= 4 is 11.7 Å². The average Bonchev–Trinajstić information content (AvgIpc) is 2.43. The predicted octanol–water partition coefficient (Wildman–Crippen LogP) is 1.80. The Balaban J connectivity index is 2.41. The fourth-order valence-corrected chi connectivity index (χ4v) is 1.44. The van der Waals surface area contributed by atoms with Gasteiger partial charge in [0.25, 0.3) is 5.69 Å². The molecule has 0 aliphatic carbocycles. The number of benzene rings is 1. The molecule has 1 atom stereocenters. The fraction of sp³-hybridized carbons (Fsp3) is 0.500. The number of hydrogen-bond acceptors (Lipinski definition) is 4. The van der Waals surface area contributed by atoms with E-state index < -0.39 is 16.6 Å². The van der Waals surface area contributed by atoms with Gasteiger partial charge in [0.05, 0.1) is 10.5 Å². The van der Waals surface area contributed by atoms with E-state index in [-0.39, 0.29) is 24.7 Å². The van der Waals surface area contributed by atoms with E-state index in [1.54, 1.807) is 19.1 Å². The molecular formula is C14H21N3O4. The van der Waals surface area contributed by atoms with Crippen LogP contribution in [-0.4, -0.2) is 28.2 Å². The van der Waals surface area contributed by atoms with Crippen molar-refractivity contribution in [2.45, 2.75) is 32.9 Å². The van der Waals surface area contributed by atoms with Gasteiger partial charge in [0.1, 0.15) is 0 Å². The highest BCUT2D eigenvalue weighted by Crippen LogP contribution is 2.14. The number of nitro groups is 1. The van der Waals surface area contributed by atoms with E-state index in [1.807, 2.05) is 13.8 Å². The van der Waals surface area contributed by atoms with Crippen LogP contribution in [0.3, 0.4) is 0 Å². The van der Waals surface area contributed by atoms with Crippen LogP contribution < -0.4 is 10.6 Å². The van der Waals surface area contributed by atoms with Crippen molar-refractivity contribution in [1.82, 2.24) is 10.6 Å². The van der Waals surface area contributed by atoms with Crippen molar-refractivity contribution in [2.24, 2.45) is 5.92 Å². The van der Waals surface area contributed by atoms with Gasteiger partial charge in [-0.3, -0.25) is 10.1 Å². The highest BCUT2D eigenvalue weighted by atomic mass is 16.6. The van der Waals surface area contributed by atoms with Gasteiger partial charge in [0.15, 0.2) is 0 Å². The summed E-state index contributed by atoms with van der Waals surface area (Å²) in [5.74, 6) is 0.0208. The number of non-ortho nitro benzene ring substituents is 1. The summed E-state index contributed by atoms with van der Waals surface area (Å²) in [4.78, 5) is 21.7. The summed E-state index contributed by atoms with van der Waals surface area (Å²) in [5.41, 5.74) is -0.201. The molecule has 1 aromatic rings. The number of rotatable bonds is 6. The number of nitrogens with zero attached hydrogens (tertiary/aromatic N) is 1. The monoisotopic (exact) mass is 295 g/mol. The molecule has 0 spiro atoms. The van der Waals surface area contributed by atoms with E-state index in [2.05, 4.69) is 10.6 Å². The molecule has 7 nitrogen and oxygen atoms in total. The number of nitrogens with one attached hydrogen (secondary N) is 2. The van der Waals surface area contributed by atoms with Gasteiger partial charge in [-0.1, -0.05) is 26.0 Å². The zero-order valence-corrected chi connectivity index (χ0v) is 12.4. The van der Waals surface area contributed by atoms with Crippen molar-refractivity contribution in [3.05, 3.63) is 39.9 Å². The lowest BCUT2D eigenvalue weighted by atomic mass is 9.93. The van der Waals surface area contributed by atoms with E-state index >= 15 is 0 Å². The Morgan fingerprint density at radius 1 is 1.33 bits per heavy atom. The zero-order valence-electron chi connectivity index (χ0n) is 12.4. The molecule has 0 saturated carbocycles. The van der Waals surface area contributed by atoms with Gasteiger partial charge in [0.2, 0.25) is 0 Å². The molecule has 7 heteroatoms. The summed E-state index contributed by atoms with van der Waals surface area (Å²) in [5, 5.41) is 25.7. The summed E-state index contributed by atoms with van der Waals surface area (Å²) < 4.78 is 0. The minimum absolute atomic E-state index is 0.0104. The largest absolute Gasteiger partial charge is 0.388 e. The Labute approximate surface area is 123 Å². The molecular weight excluding hydrogens is 274 g/mol. The van der Waals surface area contributed by atoms with Crippen LogP contribution in [0.2, 0.25) is 0 Å². The maximum Gasteiger partial charge on any atom is 0.315 e. The van der Waals surface area contributed by atoms with Gasteiger partial charge in [-0.15, -0.1) is 0 Å². The topological polar surface area (TPSA) is 104 Å². The number of carbonyl (C=O) groups excluding carboxylic acids is 1. The highest BCUT2D eigenvalue weighted by Gasteiger charge is 2.25. The normalized spacial score (nSPS) is 13.6. The van der Waals surface area contributed by atoms with E-state index in [0.29, 0.717) is 0 Å². The van der Waals surface area contributed by atoms with E-state index in [0.717, 1.165) is 5.56 Å². The number of aliphatic hydroxyl groups is 1. The summed E-state index contributed by atoms with van der Waals surface area (Å²) in [6.07, 6.45) is 0. The van der Waals surface area contributed by atoms with Crippen molar-refractivity contribution in [1.29, 1.82) is 0 Å². The molecule has 0 aliphatic rings. The van der Waals surface area contributed by atoms with Crippen molar-refractivity contribution in [3.63, 3.8) is 0 Å². The SMILES string of the molecule is CC(C)C(C)(O)CNC(=O)NCc1ccc([N+](=O)[O-])cc1. The summed E-state index contributed by atoms with van der Waals surface area (Å²) in [6, 6.07) is 5.55. The minimum Gasteiger partial charge on any atom is -0.388 e. The van der Waals surface area contributed by atoms with E-state index in [1.165, 1.54) is 12.1 Å². The second-order valence-corrected chi connectivity index (χ2v) is 5.47. The van der Waals surface area contributed by atoms with Crippen LogP contribution in [0.5, 0.6) is 0 Å². The number of amides is 2. The smallest absolute Gasteiger partial charge is 0.315 e. The molecule has 1 rings (SSSR count). The van der Waals surface area contributed by atoms with Gasteiger partial charge in [0, 0.05) is 25.2 Å². The Hall–Kier alpha value is -2.15. The van der Waals surface area contributed by atoms with Crippen molar-refractivity contribution in [2.75, 3.05) is 6.54 Å². The first kappa shape index (κ1) is 16.9. The fourth-order valence-electron chi connectivity index (χ4n) is 1.44. The van der Waals surface area contributed by atoms with Crippen LogP contribution in [0.1, 0.15) is 26.3 Å². The highest BCUT2D eigenvalue weighted by molar-refractivity contribution is 5.73. The summed E-state index contributed by atoms with van der Waals surface area (Å²) in [7, 11) is 0. The minimum atomic E-state index is -0.968. The van der Waals surface area contributed by atoms with Gasteiger partial charge in [-0.05, 0) is 18.4 Å². The third-order valence-corrected chi connectivity index (χ3v) is 3.45. The zero-order chi connectivity index (χ0) is 16.0. The van der Waals surface area contributed by atoms with Crippen LogP contribution in [0.4, 0.5) is 10.5 Å². The first-order valence-electron chi connectivity index (χ1n) is 6.70. The maximum atomic E-state index is 11.6. The van der Waals surface area contributed by atoms with E-state index in [4.69, 9.17) is 0 Å². The molecule has 21 heavy (non-hydrogen) atoms. The predicted molar refractivity (Wildman–Crippen MR) is 78.8 cm³/mol. The lowest BCUT2D eigenvalue weighted by Gasteiger charge is -2.27. The number of urea groups is 1. The van der Waals surface area contributed by atoms with Gasteiger partial charge in [-0.2, -0.15) is 0 Å². The quantitative estimate of drug-likeness (QED) is 0.549. The Morgan fingerprint density at radius 2 is 1.90 bits per heavy atom. The molecule has 0 bridgehead atoms. The maximum absolute atomic E-state index is 11.6. The lowest BCUT2D eigenvalue weighted by Crippen LogP contribution is -2.47. The Kier molecular flexibility index (Phi) is 5.66. The van der Waals surface area contributed by atoms with Crippen LogP contribution >= 0.6 is 0 Å². The van der Waals surface area contributed by atoms with Crippen LogP contribution in [-0.2, 0) is 6.54 Å². The molecule has 116 valence electrons. The van der Waals surface area contributed by atoms with Crippen molar-refractivity contribution in [3.8, 4) is 0 Å². The molecule has 0 radical (unpaired) electrons. The van der Waals surface area contributed by atoms with Crippen LogP contribution in [0, 0.1) is 16.0 Å². The molecule has 0 fully saturated rings. The third kappa shape index (κ3) is 5.39. The third-order valence-electron chi connectivity index (χ3n) is 3.45. The second kappa shape index (κ2) is 7.03. The Morgan fingerprint density at radius 3 is 2.38 bits per heavy atom. The van der Waals surface area contributed by atoms with Crippen LogP contribution in [0.25, 0.3) is 0 Å². The van der Waals surface area contributed by atoms with Crippen LogP contribution in [0.15, 0.2) is 24.3 Å². The Bertz CT molecular complexity index is 497. The summed E-state index contributed by atoms with van der Waals surface area (Å²) in [6.45, 7) is 5.81. The molecule has 1 aromatic carbocycles. The molecule has 3 N–H and O–H groups in total. The first-order valence-corrected chi connectivity index (χ1v) is 6.70. The number of nitro benzene ring substituents is 1.